The average molecular weight is 383 g/mol. The molecule has 2 heterocycles. The van der Waals surface area contributed by atoms with Crippen molar-refractivity contribution in [2.75, 3.05) is 13.6 Å². The Morgan fingerprint density at radius 2 is 2.00 bits per heavy atom. The Kier molecular flexibility index (Phi) is 4.70. The molecule has 0 spiro atoms. The summed E-state index contributed by atoms with van der Waals surface area (Å²) in [5.74, 6) is -0.256. The van der Waals surface area contributed by atoms with E-state index in [1.54, 1.807) is 7.05 Å². The van der Waals surface area contributed by atoms with Gasteiger partial charge in [-0.05, 0) is 15.9 Å². The fourth-order valence-electron chi connectivity index (χ4n) is 2.20. The monoisotopic (exact) mass is 382 g/mol. The van der Waals surface area contributed by atoms with Crippen LogP contribution in [0.15, 0.2) is 14.3 Å². The van der Waals surface area contributed by atoms with E-state index < -0.39 is 11.2 Å². The van der Waals surface area contributed by atoms with Crippen LogP contribution in [-0.2, 0) is 25.4 Å². The number of rotatable bonds is 4. The van der Waals surface area contributed by atoms with Gasteiger partial charge in [-0.3, -0.25) is 23.3 Å². The largest absolute Gasteiger partial charge is 0.343 e. The van der Waals surface area contributed by atoms with Gasteiger partial charge in [-0.1, -0.05) is 0 Å². The molecule has 0 atom stereocenters. The predicted molar refractivity (Wildman–Crippen MR) is 85.8 cm³/mol. The zero-order valence-corrected chi connectivity index (χ0v) is 14.5. The molecule has 0 aromatic carbocycles. The fraction of sp³-hybridized carbons (Fsp3) is 0.462. The van der Waals surface area contributed by atoms with Crippen molar-refractivity contribution in [1.82, 2.24) is 23.6 Å². The third-order valence-electron chi connectivity index (χ3n) is 3.57. The molecule has 2 rings (SSSR count). The van der Waals surface area contributed by atoms with E-state index in [9.17, 15) is 14.4 Å². The van der Waals surface area contributed by atoms with Crippen molar-refractivity contribution in [2.45, 2.75) is 13.0 Å². The molecule has 0 fully saturated rings. The number of carbonyl (C=O) groups is 1. The highest BCUT2D eigenvalue weighted by Gasteiger charge is 2.20. The van der Waals surface area contributed by atoms with Crippen LogP contribution in [0.1, 0.15) is 6.42 Å². The van der Waals surface area contributed by atoms with Crippen molar-refractivity contribution < 1.29 is 4.79 Å². The van der Waals surface area contributed by atoms with Crippen LogP contribution in [0.4, 0.5) is 0 Å². The standard InChI is InChI=1S/C13H15BrN6O3/c1-17(6-4-5-15)8(21)7-20-10-9(16-12(20)14)11(22)19(3)13(23)18(10)2/h4,6-7H2,1-3H3. The Labute approximate surface area is 139 Å². The van der Waals surface area contributed by atoms with Gasteiger partial charge in [0.2, 0.25) is 5.91 Å². The third kappa shape index (κ3) is 2.92. The molecule has 0 unspecified atom stereocenters. The molecule has 0 saturated carbocycles. The molecule has 0 aliphatic heterocycles. The number of carbonyl (C=O) groups excluding carboxylic acids is 1. The van der Waals surface area contributed by atoms with E-state index in [4.69, 9.17) is 5.26 Å². The van der Waals surface area contributed by atoms with Gasteiger partial charge in [0.25, 0.3) is 5.56 Å². The Hall–Kier alpha value is -2.41. The van der Waals surface area contributed by atoms with Crippen LogP contribution in [0.25, 0.3) is 11.2 Å². The second-order valence-electron chi connectivity index (χ2n) is 5.07. The number of nitriles is 1. The predicted octanol–water partition coefficient (Wildman–Crippen LogP) is -0.432. The van der Waals surface area contributed by atoms with Crippen LogP contribution in [0, 0.1) is 11.3 Å². The summed E-state index contributed by atoms with van der Waals surface area (Å²) in [6, 6.07) is 1.97. The molecule has 0 saturated heterocycles. The smallest absolute Gasteiger partial charge is 0.332 e. The van der Waals surface area contributed by atoms with Crippen molar-refractivity contribution in [3.05, 3.63) is 25.6 Å². The van der Waals surface area contributed by atoms with Crippen molar-refractivity contribution in [3.8, 4) is 6.07 Å². The lowest BCUT2D eigenvalue weighted by Crippen LogP contribution is -2.38. The van der Waals surface area contributed by atoms with E-state index in [1.807, 2.05) is 6.07 Å². The zero-order valence-electron chi connectivity index (χ0n) is 12.9. The zero-order chi connectivity index (χ0) is 17.3. The maximum absolute atomic E-state index is 12.2. The van der Waals surface area contributed by atoms with Crippen LogP contribution >= 0.6 is 15.9 Å². The van der Waals surface area contributed by atoms with E-state index >= 15 is 0 Å². The SMILES string of the molecule is CN(CCC#N)C(=O)Cn1c(Br)nc2c(=O)n(C)c(=O)n(C)c21. The Balaban J connectivity index is 2.53. The quantitative estimate of drug-likeness (QED) is 0.666. The minimum Gasteiger partial charge on any atom is -0.343 e. The lowest BCUT2D eigenvalue weighted by Gasteiger charge is -2.16. The molecule has 0 radical (unpaired) electrons. The van der Waals surface area contributed by atoms with Gasteiger partial charge in [-0.15, -0.1) is 0 Å². The first-order valence-electron chi connectivity index (χ1n) is 6.72. The number of hydrogen-bond donors (Lipinski definition) is 0. The summed E-state index contributed by atoms with van der Waals surface area (Å²) in [6.07, 6.45) is 0.229. The maximum atomic E-state index is 12.2. The molecular weight excluding hydrogens is 368 g/mol. The number of aryl methyl sites for hydroxylation is 1. The summed E-state index contributed by atoms with van der Waals surface area (Å²) in [5.41, 5.74) is -0.643. The molecule has 2 aromatic rings. The van der Waals surface area contributed by atoms with Gasteiger partial charge in [0.1, 0.15) is 6.54 Å². The first kappa shape index (κ1) is 17.0. The second kappa shape index (κ2) is 6.37. The van der Waals surface area contributed by atoms with E-state index in [2.05, 4.69) is 20.9 Å². The number of halogens is 1. The summed E-state index contributed by atoms with van der Waals surface area (Å²) >= 11 is 3.22. The van der Waals surface area contributed by atoms with Gasteiger partial charge in [0.05, 0.1) is 12.5 Å². The molecule has 122 valence electrons. The van der Waals surface area contributed by atoms with Gasteiger partial charge in [-0.2, -0.15) is 5.26 Å². The Morgan fingerprint density at radius 3 is 2.61 bits per heavy atom. The second-order valence-corrected chi connectivity index (χ2v) is 5.78. The maximum Gasteiger partial charge on any atom is 0.332 e. The van der Waals surface area contributed by atoms with Crippen LogP contribution < -0.4 is 11.2 Å². The molecule has 23 heavy (non-hydrogen) atoms. The molecule has 0 aliphatic carbocycles. The Morgan fingerprint density at radius 1 is 1.35 bits per heavy atom. The minimum absolute atomic E-state index is 0.0978. The van der Waals surface area contributed by atoms with Gasteiger partial charge in [-0.25, -0.2) is 9.78 Å². The average Bonchev–Trinajstić information content (AvgIpc) is 2.85. The third-order valence-corrected chi connectivity index (χ3v) is 4.18. The van der Waals surface area contributed by atoms with E-state index in [-0.39, 0.29) is 34.8 Å². The summed E-state index contributed by atoms with van der Waals surface area (Å²) in [7, 11) is 4.47. The summed E-state index contributed by atoms with van der Waals surface area (Å²) in [5, 5.41) is 8.58. The number of aromatic nitrogens is 4. The molecule has 0 aliphatic rings. The highest BCUT2D eigenvalue weighted by atomic mass is 79.9. The van der Waals surface area contributed by atoms with Crippen molar-refractivity contribution in [1.29, 1.82) is 5.26 Å². The minimum atomic E-state index is -0.521. The van der Waals surface area contributed by atoms with Crippen LogP contribution in [0.3, 0.4) is 0 Å². The normalized spacial score (nSPS) is 10.7. The lowest BCUT2D eigenvalue weighted by atomic mass is 10.4. The summed E-state index contributed by atoms with van der Waals surface area (Å²) < 4.78 is 3.99. The fourth-order valence-corrected chi connectivity index (χ4v) is 2.67. The van der Waals surface area contributed by atoms with Crippen molar-refractivity contribution in [2.24, 2.45) is 14.1 Å². The lowest BCUT2D eigenvalue weighted by molar-refractivity contribution is -0.130. The molecule has 0 bridgehead atoms. The molecule has 10 heteroatoms. The number of amides is 1. The summed E-state index contributed by atoms with van der Waals surface area (Å²) in [6.45, 7) is 0.208. The van der Waals surface area contributed by atoms with Gasteiger partial charge in [0, 0.05) is 27.7 Å². The number of hydrogen-bond acceptors (Lipinski definition) is 5. The molecule has 1 amide bonds. The molecular formula is C13H15BrN6O3. The Bertz CT molecular complexity index is 932. The molecule has 2 aromatic heterocycles. The highest BCUT2D eigenvalue weighted by molar-refractivity contribution is 9.10. The molecule has 0 N–H and O–H groups in total. The van der Waals surface area contributed by atoms with Crippen molar-refractivity contribution >= 4 is 33.0 Å². The van der Waals surface area contributed by atoms with Gasteiger partial charge < -0.3 is 4.90 Å². The first-order chi connectivity index (χ1) is 10.8. The van der Waals surface area contributed by atoms with E-state index in [0.29, 0.717) is 6.54 Å². The topological polar surface area (TPSA) is 106 Å². The number of fused-ring (bicyclic) bond motifs is 1. The highest BCUT2D eigenvalue weighted by Crippen LogP contribution is 2.16. The number of likely N-dealkylation sites (N-methyl/N-ethyl adjacent to an activating group) is 1. The van der Waals surface area contributed by atoms with E-state index in [0.717, 1.165) is 4.57 Å². The van der Waals surface area contributed by atoms with E-state index in [1.165, 1.54) is 28.1 Å². The molecule has 9 nitrogen and oxygen atoms in total. The van der Waals surface area contributed by atoms with Crippen LogP contribution in [0.2, 0.25) is 0 Å². The van der Waals surface area contributed by atoms with Gasteiger partial charge in [0.15, 0.2) is 15.9 Å². The number of nitrogens with zero attached hydrogens (tertiary/aromatic N) is 6. The van der Waals surface area contributed by atoms with Crippen LogP contribution in [0.5, 0.6) is 0 Å². The van der Waals surface area contributed by atoms with Crippen molar-refractivity contribution in [3.63, 3.8) is 0 Å². The van der Waals surface area contributed by atoms with Crippen LogP contribution in [-0.4, -0.2) is 43.1 Å². The first-order valence-corrected chi connectivity index (χ1v) is 7.51. The number of imidazole rings is 1. The van der Waals surface area contributed by atoms with Gasteiger partial charge >= 0.3 is 5.69 Å². The summed E-state index contributed by atoms with van der Waals surface area (Å²) in [4.78, 5) is 42.0.